The van der Waals surface area contributed by atoms with Gasteiger partial charge in [-0.15, -0.1) is 9.79 Å². The third kappa shape index (κ3) is 11.7. The lowest BCUT2D eigenvalue weighted by Gasteiger charge is -1.83. The van der Waals surface area contributed by atoms with Gasteiger partial charge in [0.2, 0.25) is 0 Å². The van der Waals surface area contributed by atoms with Gasteiger partial charge in [-0.05, 0) is 70.1 Å². The lowest BCUT2D eigenvalue weighted by atomic mass is 10.3. The highest BCUT2D eigenvalue weighted by molar-refractivity contribution is 7.30. The topological polar surface area (TPSA) is 173 Å². The minimum absolute atomic E-state index is 0.597. The van der Waals surface area contributed by atoms with Crippen LogP contribution in [0.15, 0.2) is 146 Å². The average Bonchev–Trinajstić information content (AvgIpc) is 3.88. The standard InChI is InChI=1S/4C8H7N.C2H8N2.HO3P/c4*1-2-4-8-7(3-1)5-6-9-8;3-1-2-4;1-4(2)3/h4*1-6,9H;1-4H2;(H-,1,2,3)/p+1. The summed E-state index contributed by atoms with van der Waals surface area (Å²) in [6.07, 6.45) is 7.80. The Morgan fingerprint density at radius 3 is 0.818 bits per heavy atom. The summed E-state index contributed by atoms with van der Waals surface area (Å²) in [5.74, 6) is 0. The largest absolute Gasteiger partial charge is 0.692 e. The van der Waals surface area contributed by atoms with Crippen molar-refractivity contribution in [2.75, 3.05) is 13.1 Å². The quantitative estimate of drug-likeness (QED) is 0.0917. The highest BCUT2D eigenvalue weighted by Crippen LogP contribution is 2.11. The number of fused-ring (bicyclic) bond motifs is 4. The SMILES string of the molecule is NCCN.O=[P+](O)O.c1ccc2[nH]ccc2c1.c1ccc2[nH]ccc2c1.c1ccc2[nH]ccc2c1.c1ccc2[nH]ccc2c1. The van der Waals surface area contributed by atoms with Crippen LogP contribution < -0.4 is 11.5 Å². The second kappa shape index (κ2) is 19.2. The summed E-state index contributed by atoms with van der Waals surface area (Å²) < 4.78 is 8.70. The molecule has 44 heavy (non-hydrogen) atoms. The van der Waals surface area contributed by atoms with Crippen LogP contribution >= 0.6 is 8.25 Å². The minimum Gasteiger partial charge on any atom is -0.361 e. The summed E-state index contributed by atoms with van der Waals surface area (Å²) in [6.45, 7) is 1.19. The first kappa shape index (κ1) is 33.5. The summed E-state index contributed by atoms with van der Waals surface area (Å²) >= 11 is 0. The molecule has 0 spiro atoms. The van der Waals surface area contributed by atoms with Gasteiger partial charge in [0.25, 0.3) is 0 Å². The normalized spacial score (nSPS) is 9.64. The van der Waals surface area contributed by atoms with Gasteiger partial charge in [0.15, 0.2) is 0 Å². The molecule has 0 amide bonds. The molecule has 10 N–H and O–H groups in total. The number of aromatic nitrogens is 4. The third-order valence-corrected chi connectivity index (χ3v) is 6.02. The van der Waals surface area contributed by atoms with Crippen LogP contribution in [0.2, 0.25) is 0 Å². The molecule has 0 radical (unpaired) electrons. The monoisotopic (exact) mass is 609 g/mol. The van der Waals surface area contributed by atoms with E-state index in [1.807, 2.05) is 73.3 Å². The van der Waals surface area contributed by atoms with Crippen LogP contribution in [-0.2, 0) is 4.57 Å². The molecule has 0 aliphatic heterocycles. The van der Waals surface area contributed by atoms with E-state index in [0.717, 1.165) is 0 Å². The smallest absolute Gasteiger partial charge is 0.361 e. The van der Waals surface area contributed by atoms with Crippen LogP contribution in [0.4, 0.5) is 0 Å². The Balaban J connectivity index is 0.000000149. The molecule has 0 aliphatic rings. The Bertz CT molecular complexity index is 1530. The van der Waals surface area contributed by atoms with Crippen LogP contribution in [0.1, 0.15) is 0 Å². The van der Waals surface area contributed by atoms with Crippen LogP contribution in [0.25, 0.3) is 43.6 Å². The van der Waals surface area contributed by atoms with E-state index in [9.17, 15) is 0 Å². The van der Waals surface area contributed by atoms with Gasteiger partial charge in [0.05, 0.1) is 0 Å². The maximum atomic E-state index is 8.70. The van der Waals surface area contributed by atoms with Crippen molar-refractivity contribution in [3.63, 3.8) is 0 Å². The van der Waals surface area contributed by atoms with E-state index < -0.39 is 8.25 Å². The van der Waals surface area contributed by atoms with Crippen LogP contribution in [-0.4, -0.2) is 42.8 Å². The number of benzene rings is 4. The summed E-state index contributed by atoms with van der Waals surface area (Å²) in [6, 6.07) is 41.1. The first-order valence-electron chi connectivity index (χ1n) is 13.9. The van der Waals surface area contributed by atoms with Crippen molar-refractivity contribution in [1.29, 1.82) is 0 Å². The summed E-state index contributed by atoms with van der Waals surface area (Å²) in [7, 11) is -2.87. The highest BCUT2D eigenvalue weighted by Gasteiger charge is 1.93. The van der Waals surface area contributed by atoms with E-state index in [1.54, 1.807) is 0 Å². The molecule has 10 heteroatoms. The van der Waals surface area contributed by atoms with Crippen LogP contribution in [0.3, 0.4) is 0 Å². The Morgan fingerprint density at radius 1 is 0.432 bits per heavy atom. The van der Waals surface area contributed by atoms with Crippen molar-refractivity contribution in [1.82, 2.24) is 19.9 Å². The second-order valence-electron chi connectivity index (χ2n) is 9.09. The number of rotatable bonds is 1. The first-order valence-corrected chi connectivity index (χ1v) is 15.0. The van der Waals surface area contributed by atoms with Crippen molar-refractivity contribution in [3.05, 3.63) is 146 Å². The minimum atomic E-state index is -2.87. The average molecular weight is 610 g/mol. The zero-order valence-corrected chi connectivity index (χ0v) is 25.1. The Morgan fingerprint density at radius 2 is 0.636 bits per heavy atom. The van der Waals surface area contributed by atoms with Gasteiger partial charge >= 0.3 is 8.25 Å². The van der Waals surface area contributed by atoms with Gasteiger partial charge in [0.1, 0.15) is 0 Å². The molecule has 8 rings (SSSR count). The molecular weight excluding hydrogens is 571 g/mol. The number of hydrogen-bond acceptors (Lipinski definition) is 3. The summed E-state index contributed by atoms with van der Waals surface area (Å²) in [4.78, 5) is 26.7. The number of H-pyrrole nitrogens is 4. The van der Waals surface area contributed by atoms with Gasteiger partial charge in [-0.2, -0.15) is 0 Å². The fourth-order valence-corrected chi connectivity index (χ4v) is 3.98. The molecule has 0 aliphatic carbocycles. The molecule has 4 heterocycles. The maximum absolute atomic E-state index is 8.70. The number of nitrogens with two attached hydrogens (primary N) is 2. The van der Waals surface area contributed by atoms with Crippen molar-refractivity contribution in [2.45, 2.75) is 0 Å². The summed E-state index contributed by atoms with van der Waals surface area (Å²) in [5, 5.41) is 5.10. The second-order valence-corrected chi connectivity index (χ2v) is 9.60. The van der Waals surface area contributed by atoms with Gasteiger partial charge in [0, 0.05) is 64.5 Å². The van der Waals surface area contributed by atoms with Crippen molar-refractivity contribution in [3.8, 4) is 0 Å². The highest BCUT2D eigenvalue weighted by atomic mass is 31.1. The molecule has 9 nitrogen and oxygen atoms in total. The van der Waals surface area contributed by atoms with E-state index >= 15 is 0 Å². The molecule has 0 saturated carbocycles. The van der Waals surface area contributed by atoms with Crippen molar-refractivity contribution in [2.24, 2.45) is 11.5 Å². The lowest BCUT2D eigenvalue weighted by Crippen LogP contribution is -2.11. The van der Waals surface area contributed by atoms with Gasteiger partial charge in [-0.25, -0.2) is 0 Å². The van der Waals surface area contributed by atoms with E-state index in [2.05, 4.69) is 92.7 Å². The zero-order valence-electron chi connectivity index (χ0n) is 24.2. The van der Waals surface area contributed by atoms with E-state index in [4.69, 9.17) is 25.8 Å². The Kier molecular flexibility index (Phi) is 14.6. The molecule has 4 aromatic heterocycles. The predicted octanol–water partition coefficient (Wildman–Crippen LogP) is 7.20. The van der Waals surface area contributed by atoms with E-state index in [1.165, 1.54) is 43.6 Å². The van der Waals surface area contributed by atoms with Crippen LogP contribution in [0.5, 0.6) is 0 Å². The molecule has 8 aromatic rings. The lowest BCUT2D eigenvalue weighted by molar-refractivity contribution is 0.405. The molecule has 0 fully saturated rings. The molecule has 0 unspecified atom stereocenters. The number of para-hydroxylation sites is 4. The fraction of sp³-hybridized carbons (Fsp3) is 0.0588. The Labute approximate surface area is 256 Å². The summed E-state index contributed by atoms with van der Waals surface area (Å²) in [5.41, 5.74) is 14.6. The molecule has 0 saturated heterocycles. The molecule has 4 aromatic carbocycles. The molecule has 226 valence electrons. The number of hydrogen-bond donors (Lipinski definition) is 8. The van der Waals surface area contributed by atoms with Gasteiger partial charge < -0.3 is 31.4 Å². The van der Waals surface area contributed by atoms with Gasteiger partial charge in [-0.1, -0.05) is 72.8 Å². The van der Waals surface area contributed by atoms with E-state index in [0.29, 0.717) is 13.1 Å². The van der Waals surface area contributed by atoms with Crippen molar-refractivity contribution >= 4 is 51.9 Å². The third-order valence-electron chi connectivity index (χ3n) is 6.02. The predicted molar refractivity (Wildman–Crippen MR) is 183 cm³/mol. The van der Waals surface area contributed by atoms with Gasteiger partial charge in [-0.3, -0.25) is 0 Å². The number of nitrogens with one attached hydrogen (secondary N) is 4. The zero-order chi connectivity index (χ0) is 31.4. The first-order chi connectivity index (χ1) is 21.5. The maximum Gasteiger partial charge on any atom is 0.692 e. The number of aromatic amines is 4. The van der Waals surface area contributed by atoms with Crippen LogP contribution in [0, 0.1) is 0 Å². The fourth-order valence-electron chi connectivity index (χ4n) is 3.98. The Hall–Kier alpha value is -5.02. The molecule has 0 bridgehead atoms. The van der Waals surface area contributed by atoms with Crippen molar-refractivity contribution < 1.29 is 14.4 Å². The molecular formula is C34H38N6O3P+. The molecule has 0 atom stereocenters. The van der Waals surface area contributed by atoms with E-state index in [-0.39, 0.29) is 0 Å².